The number of aromatic nitrogens is 1. The first-order valence-electron chi connectivity index (χ1n) is 6.05. The van der Waals surface area contributed by atoms with E-state index < -0.39 is 6.09 Å². The van der Waals surface area contributed by atoms with Crippen LogP contribution in [0.2, 0.25) is 0 Å². The number of carboxylic acid groups (broad SMARTS) is 1. The van der Waals surface area contributed by atoms with E-state index >= 15 is 0 Å². The molecular weight excluding hydrogens is 234 g/mol. The topological polar surface area (TPSA) is 85.4 Å². The molecule has 0 saturated carbocycles. The molecule has 0 atom stereocenters. The van der Waals surface area contributed by atoms with Crippen molar-refractivity contribution >= 4 is 12.0 Å². The van der Waals surface area contributed by atoms with Crippen LogP contribution >= 0.6 is 0 Å². The van der Waals surface area contributed by atoms with E-state index in [-0.39, 0.29) is 5.91 Å². The van der Waals surface area contributed by atoms with Crippen LogP contribution in [0, 0.1) is 5.92 Å². The monoisotopic (exact) mass is 251 g/mol. The Kier molecular flexibility index (Phi) is 3.86. The number of nitrogens with one attached hydrogen (secondary N) is 2. The summed E-state index contributed by atoms with van der Waals surface area (Å²) in [5, 5.41) is 11.7. The van der Waals surface area contributed by atoms with Gasteiger partial charge >= 0.3 is 6.09 Å². The van der Waals surface area contributed by atoms with Crippen molar-refractivity contribution < 1.29 is 14.7 Å². The number of hydrogen-bond acceptors (Lipinski definition) is 2. The highest BCUT2D eigenvalue weighted by molar-refractivity contribution is 5.93. The molecule has 0 aliphatic carbocycles. The first-order valence-corrected chi connectivity index (χ1v) is 6.05. The van der Waals surface area contributed by atoms with Crippen molar-refractivity contribution in [3.63, 3.8) is 0 Å². The summed E-state index contributed by atoms with van der Waals surface area (Å²) in [4.78, 5) is 26.7. The summed E-state index contributed by atoms with van der Waals surface area (Å²) < 4.78 is 0. The molecule has 1 saturated heterocycles. The third-order valence-electron chi connectivity index (χ3n) is 3.30. The third kappa shape index (κ3) is 3.03. The van der Waals surface area contributed by atoms with Crippen LogP contribution in [0.15, 0.2) is 18.5 Å². The molecule has 0 spiro atoms. The van der Waals surface area contributed by atoms with E-state index in [2.05, 4.69) is 10.3 Å². The highest BCUT2D eigenvalue weighted by atomic mass is 16.4. The second kappa shape index (κ2) is 5.57. The van der Waals surface area contributed by atoms with E-state index in [4.69, 9.17) is 5.11 Å². The Morgan fingerprint density at radius 2 is 2.17 bits per heavy atom. The van der Waals surface area contributed by atoms with Crippen molar-refractivity contribution in [3.8, 4) is 0 Å². The van der Waals surface area contributed by atoms with Crippen LogP contribution in [-0.2, 0) is 0 Å². The average molecular weight is 251 g/mol. The van der Waals surface area contributed by atoms with Crippen LogP contribution < -0.4 is 5.32 Å². The number of H-pyrrole nitrogens is 1. The van der Waals surface area contributed by atoms with Crippen LogP contribution in [0.4, 0.5) is 4.79 Å². The predicted octanol–water partition coefficient (Wildman–Crippen LogP) is 1.13. The summed E-state index contributed by atoms with van der Waals surface area (Å²) in [5.74, 6) is 0.278. The number of nitrogens with zero attached hydrogens (tertiary/aromatic N) is 1. The number of carbonyl (C=O) groups is 2. The van der Waals surface area contributed by atoms with Gasteiger partial charge < -0.3 is 20.3 Å². The molecule has 1 aromatic rings. The minimum atomic E-state index is -0.857. The van der Waals surface area contributed by atoms with Gasteiger partial charge in [0.1, 0.15) is 0 Å². The van der Waals surface area contributed by atoms with Crippen LogP contribution in [0.3, 0.4) is 0 Å². The number of rotatable bonds is 3. The van der Waals surface area contributed by atoms with Gasteiger partial charge in [0.05, 0.1) is 5.56 Å². The van der Waals surface area contributed by atoms with E-state index in [0.29, 0.717) is 31.1 Å². The molecule has 2 rings (SSSR count). The van der Waals surface area contributed by atoms with Gasteiger partial charge in [-0.2, -0.15) is 0 Å². The first kappa shape index (κ1) is 12.5. The molecule has 1 fully saturated rings. The van der Waals surface area contributed by atoms with Crippen molar-refractivity contribution in [2.45, 2.75) is 12.8 Å². The Morgan fingerprint density at radius 3 is 2.72 bits per heavy atom. The highest BCUT2D eigenvalue weighted by Crippen LogP contribution is 2.16. The lowest BCUT2D eigenvalue weighted by Crippen LogP contribution is -2.40. The molecule has 18 heavy (non-hydrogen) atoms. The molecule has 2 heterocycles. The van der Waals surface area contributed by atoms with E-state index in [1.807, 2.05) is 0 Å². The van der Waals surface area contributed by atoms with Gasteiger partial charge in [0.15, 0.2) is 0 Å². The summed E-state index contributed by atoms with van der Waals surface area (Å²) in [5.41, 5.74) is 0.623. The van der Waals surface area contributed by atoms with Gasteiger partial charge in [-0.15, -0.1) is 0 Å². The number of carbonyl (C=O) groups excluding carboxylic acids is 1. The zero-order chi connectivity index (χ0) is 13.0. The summed E-state index contributed by atoms with van der Waals surface area (Å²) in [6, 6.07) is 1.72. The van der Waals surface area contributed by atoms with Gasteiger partial charge in [-0.3, -0.25) is 4.79 Å². The Balaban J connectivity index is 1.72. The standard InChI is InChI=1S/C12H17N3O3/c16-11(10-1-4-13-8-10)14-7-9-2-5-15(6-3-9)12(17)18/h1,4,8-9,13H,2-3,5-7H2,(H,14,16)(H,17,18). The number of likely N-dealkylation sites (tertiary alicyclic amines) is 1. The van der Waals surface area contributed by atoms with E-state index in [1.165, 1.54) is 4.90 Å². The van der Waals surface area contributed by atoms with E-state index in [9.17, 15) is 9.59 Å². The lowest BCUT2D eigenvalue weighted by molar-refractivity contribution is 0.0929. The lowest BCUT2D eigenvalue weighted by atomic mass is 9.97. The van der Waals surface area contributed by atoms with E-state index in [1.54, 1.807) is 18.5 Å². The molecule has 2 amide bonds. The number of aromatic amines is 1. The van der Waals surface area contributed by atoms with Crippen LogP contribution in [0.5, 0.6) is 0 Å². The van der Waals surface area contributed by atoms with Crippen molar-refractivity contribution in [2.75, 3.05) is 19.6 Å². The predicted molar refractivity (Wildman–Crippen MR) is 65.4 cm³/mol. The van der Waals surface area contributed by atoms with Crippen molar-refractivity contribution in [3.05, 3.63) is 24.0 Å². The molecule has 1 aromatic heterocycles. The van der Waals surface area contributed by atoms with Crippen molar-refractivity contribution in [1.29, 1.82) is 0 Å². The Morgan fingerprint density at radius 1 is 1.44 bits per heavy atom. The fraction of sp³-hybridized carbons (Fsp3) is 0.500. The lowest BCUT2D eigenvalue weighted by Gasteiger charge is -2.29. The average Bonchev–Trinajstić information content (AvgIpc) is 2.90. The SMILES string of the molecule is O=C(NCC1CCN(C(=O)O)CC1)c1cc[nH]c1. The summed E-state index contributed by atoms with van der Waals surface area (Å²) in [6.45, 7) is 1.72. The summed E-state index contributed by atoms with van der Waals surface area (Å²) in [6.07, 6.45) is 4.12. The fourth-order valence-electron chi connectivity index (χ4n) is 2.13. The zero-order valence-electron chi connectivity index (χ0n) is 10.1. The molecular formula is C12H17N3O3. The maximum absolute atomic E-state index is 11.7. The molecule has 6 nitrogen and oxygen atoms in total. The summed E-state index contributed by atoms with van der Waals surface area (Å²) in [7, 11) is 0. The molecule has 0 radical (unpaired) electrons. The fourth-order valence-corrected chi connectivity index (χ4v) is 2.13. The van der Waals surface area contributed by atoms with Crippen LogP contribution in [0.25, 0.3) is 0 Å². The minimum absolute atomic E-state index is 0.0862. The number of piperidine rings is 1. The van der Waals surface area contributed by atoms with Gasteiger partial charge in [0.2, 0.25) is 0 Å². The van der Waals surface area contributed by atoms with Gasteiger partial charge in [0, 0.05) is 32.0 Å². The third-order valence-corrected chi connectivity index (χ3v) is 3.30. The number of hydrogen-bond donors (Lipinski definition) is 3. The molecule has 1 aliphatic rings. The maximum atomic E-state index is 11.7. The minimum Gasteiger partial charge on any atom is -0.465 e. The first-order chi connectivity index (χ1) is 8.66. The van der Waals surface area contributed by atoms with Gasteiger partial charge in [-0.25, -0.2) is 4.79 Å². The van der Waals surface area contributed by atoms with Crippen LogP contribution in [0.1, 0.15) is 23.2 Å². The zero-order valence-corrected chi connectivity index (χ0v) is 10.1. The van der Waals surface area contributed by atoms with Crippen LogP contribution in [-0.4, -0.2) is 46.6 Å². The van der Waals surface area contributed by atoms with Crippen molar-refractivity contribution in [2.24, 2.45) is 5.92 Å². The molecule has 98 valence electrons. The van der Waals surface area contributed by atoms with Crippen molar-refractivity contribution in [1.82, 2.24) is 15.2 Å². The van der Waals surface area contributed by atoms with Gasteiger partial charge in [0.25, 0.3) is 5.91 Å². The molecule has 0 unspecified atom stereocenters. The maximum Gasteiger partial charge on any atom is 0.407 e. The largest absolute Gasteiger partial charge is 0.465 e. The highest BCUT2D eigenvalue weighted by Gasteiger charge is 2.22. The molecule has 1 aliphatic heterocycles. The van der Waals surface area contributed by atoms with E-state index in [0.717, 1.165) is 12.8 Å². The molecule has 3 N–H and O–H groups in total. The second-order valence-electron chi connectivity index (χ2n) is 4.52. The summed E-state index contributed by atoms with van der Waals surface area (Å²) >= 11 is 0. The second-order valence-corrected chi connectivity index (χ2v) is 4.52. The molecule has 6 heteroatoms. The Labute approximate surface area is 105 Å². The Bertz CT molecular complexity index is 408. The Hall–Kier alpha value is -1.98. The van der Waals surface area contributed by atoms with Gasteiger partial charge in [-0.1, -0.05) is 0 Å². The molecule has 0 bridgehead atoms. The smallest absolute Gasteiger partial charge is 0.407 e. The molecule has 0 aromatic carbocycles. The number of amides is 2. The normalized spacial score (nSPS) is 16.6. The quantitative estimate of drug-likeness (QED) is 0.753. The van der Waals surface area contributed by atoms with Gasteiger partial charge in [-0.05, 0) is 24.8 Å².